The summed E-state index contributed by atoms with van der Waals surface area (Å²) in [6.07, 6.45) is 0. The van der Waals surface area contributed by atoms with Gasteiger partial charge in [0.25, 0.3) is 0 Å². The Morgan fingerprint density at radius 1 is 0.465 bits per heavy atom. The molecule has 0 bridgehead atoms. The van der Waals surface area contributed by atoms with E-state index in [-0.39, 0.29) is 5.41 Å². The first-order valence-corrected chi connectivity index (χ1v) is 15.2. The number of benzene rings is 7. The Morgan fingerprint density at radius 3 is 1.74 bits per heavy atom. The molecule has 1 aromatic heterocycles. The van der Waals surface area contributed by atoms with Crippen molar-refractivity contribution in [3.8, 4) is 33.4 Å². The number of hydrogen-bond donors (Lipinski definition) is 0. The van der Waals surface area contributed by atoms with Crippen LogP contribution in [0.1, 0.15) is 25.0 Å². The zero-order valence-corrected chi connectivity index (χ0v) is 24.7. The van der Waals surface area contributed by atoms with Crippen molar-refractivity contribution < 1.29 is 4.42 Å². The summed E-state index contributed by atoms with van der Waals surface area (Å²) in [5.74, 6) is 0. The van der Waals surface area contributed by atoms with Gasteiger partial charge in [0.1, 0.15) is 11.2 Å². The summed E-state index contributed by atoms with van der Waals surface area (Å²) in [6.45, 7) is 4.68. The third-order valence-electron chi connectivity index (χ3n) is 9.53. The Bertz CT molecular complexity index is 2390. The van der Waals surface area contributed by atoms with Crippen LogP contribution in [0.25, 0.3) is 76.9 Å². The summed E-state index contributed by atoms with van der Waals surface area (Å²) in [6, 6.07) is 46.0. The molecule has 0 saturated carbocycles. The van der Waals surface area contributed by atoms with E-state index >= 15 is 0 Å². The van der Waals surface area contributed by atoms with Crippen LogP contribution in [-0.4, -0.2) is 0 Å². The molecule has 8 aromatic rings. The Hall–Kier alpha value is -4.85. The van der Waals surface area contributed by atoms with Crippen LogP contribution in [0.5, 0.6) is 0 Å². The van der Waals surface area contributed by atoms with Crippen LogP contribution < -0.4 is 0 Å². The predicted octanol–water partition coefficient (Wildman–Crippen LogP) is 12.2. The van der Waals surface area contributed by atoms with E-state index in [2.05, 4.69) is 123 Å². The maximum Gasteiger partial charge on any atom is 0.136 e. The molecule has 1 nitrogen and oxygen atoms in total. The van der Waals surface area contributed by atoms with Crippen molar-refractivity contribution in [1.82, 2.24) is 0 Å². The van der Waals surface area contributed by atoms with E-state index < -0.39 is 0 Å². The minimum Gasteiger partial charge on any atom is -0.456 e. The number of fused-ring (bicyclic) bond motifs is 8. The summed E-state index contributed by atoms with van der Waals surface area (Å²) in [7, 11) is 0. The first-order chi connectivity index (χ1) is 21.0. The minimum atomic E-state index is -0.0148. The third-order valence-corrected chi connectivity index (χ3v) is 9.76. The highest BCUT2D eigenvalue weighted by Gasteiger charge is 2.35. The largest absolute Gasteiger partial charge is 0.456 e. The summed E-state index contributed by atoms with van der Waals surface area (Å²) < 4.78 is 6.32. The Morgan fingerprint density at radius 2 is 1.05 bits per heavy atom. The third kappa shape index (κ3) is 3.46. The average Bonchev–Trinajstić information content (AvgIpc) is 3.50. The molecule has 0 unspecified atom stereocenters. The van der Waals surface area contributed by atoms with E-state index in [0.717, 1.165) is 27.5 Å². The monoisotopic (exact) mass is 570 g/mol. The topological polar surface area (TPSA) is 13.1 Å². The predicted molar refractivity (Wildman–Crippen MR) is 182 cm³/mol. The van der Waals surface area contributed by atoms with Crippen LogP contribution in [0.3, 0.4) is 0 Å². The quantitative estimate of drug-likeness (QED) is 0.188. The first-order valence-electron chi connectivity index (χ1n) is 14.8. The van der Waals surface area contributed by atoms with Crippen LogP contribution in [0.15, 0.2) is 132 Å². The summed E-state index contributed by atoms with van der Waals surface area (Å²) in [4.78, 5) is 0. The number of rotatable bonds is 2. The highest BCUT2D eigenvalue weighted by molar-refractivity contribution is 6.31. The van der Waals surface area contributed by atoms with Crippen LogP contribution >= 0.6 is 11.6 Å². The van der Waals surface area contributed by atoms with Gasteiger partial charge >= 0.3 is 0 Å². The van der Waals surface area contributed by atoms with E-state index in [1.807, 2.05) is 18.2 Å². The van der Waals surface area contributed by atoms with E-state index in [1.165, 1.54) is 60.5 Å². The number of halogens is 1. The van der Waals surface area contributed by atoms with Gasteiger partial charge in [0.05, 0.1) is 0 Å². The molecule has 204 valence electrons. The Kier molecular flexibility index (Phi) is 5.08. The van der Waals surface area contributed by atoms with Crippen molar-refractivity contribution in [1.29, 1.82) is 0 Å². The molecule has 7 aromatic carbocycles. The highest BCUT2D eigenvalue weighted by atomic mass is 35.5. The molecule has 0 fully saturated rings. The Labute approximate surface area is 255 Å². The zero-order chi connectivity index (χ0) is 28.9. The molecular formula is C41H27ClO. The van der Waals surface area contributed by atoms with Gasteiger partial charge < -0.3 is 4.42 Å². The maximum absolute atomic E-state index is 6.33. The molecule has 0 N–H and O–H groups in total. The summed E-state index contributed by atoms with van der Waals surface area (Å²) >= 11 is 6.33. The zero-order valence-electron chi connectivity index (χ0n) is 23.9. The lowest BCUT2D eigenvalue weighted by atomic mass is 9.81. The van der Waals surface area contributed by atoms with Crippen LogP contribution in [0.2, 0.25) is 5.02 Å². The fraction of sp³-hybridized carbons (Fsp3) is 0.0732. The van der Waals surface area contributed by atoms with E-state index in [4.69, 9.17) is 16.0 Å². The molecule has 0 amide bonds. The van der Waals surface area contributed by atoms with Crippen molar-refractivity contribution in [3.05, 3.63) is 144 Å². The second-order valence-corrected chi connectivity index (χ2v) is 12.7. The highest BCUT2D eigenvalue weighted by Crippen LogP contribution is 2.51. The number of hydrogen-bond acceptors (Lipinski definition) is 1. The summed E-state index contributed by atoms with van der Waals surface area (Å²) in [5, 5.41) is 7.79. The molecule has 1 aliphatic rings. The van der Waals surface area contributed by atoms with Crippen LogP contribution in [-0.2, 0) is 5.41 Å². The van der Waals surface area contributed by atoms with Crippen molar-refractivity contribution in [2.24, 2.45) is 0 Å². The smallest absolute Gasteiger partial charge is 0.136 e. The standard InChI is InChI=1S/C41H27ClO/c1-41(2)35-14-8-7-9-27(35)33-21-24(16-19-36(33)41)39-29-10-3-5-12-31(29)40(32-13-6-4-11-30(32)39)25-15-18-28-34-23-26(42)17-20-37(34)43-38(28)22-25/h3-23H,1-2H3. The maximum atomic E-state index is 6.33. The van der Waals surface area contributed by atoms with Gasteiger partial charge in [0.2, 0.25) is 0 Å². The fourth-order valence-electron chi connectivity index (χ4n) is 7.53. The molecule has 0 aliphatic heterocycles. The second kappa shape index (κ2) is 8.83. The van der Waals surface area contributed by atoms with Crippen molar-refractivity contribution in [2.75, 3.05) is 0 Å². The van der Waals surface area contributed by atoms with Crippen molar-refractivity contribution >= 4 is 55.1 Å². The molecule has 1 aliphatic carbocycles. The molecule has 1 heterocycles. The van der Waals surface area contributed by atoms with Gasteiger partial charge in [-0.15, -0.1) is 0 Å². The Balaban J connectivity index is 1.33. The van der Waals surface area contributed by atoms with Gasteiger partial charge in [0.15, 0.2) is 0 Å². The lowest BCUT2D eigenvalue weighted by Gasteiger charge is -2.22. The second-order valence-electron chi connectivity index (χ2n) is 12.2. The molecule has 0 saturated heterocycles. The SMILES string of the molecule is CC1(C)c2ccccc2-c2cc(-c3c4ccccc4c(-c4ccc5c(c4)oc4ccc(Cl)cc45)c4ccccc34)ccc21. The molecule has 0 atom stereocenters. The molecule has 9 rings (SSSR count). The normalized spacial score (nSPS) is 13.7. The van der Waals surface area contributed by atoms with E-state index in [1.54, 1.807) is 0 Å². The fourth-order valence-corrected chi connectivity index (χ4v) is 7.70. The van der Waals surface area contributed by atoms with E-state index in [9.17, 15) is 0 Å². The van der Waals surface area contributed by atoms with Crippen LogP contribution in [0, 0.1) is 0 Å². The molecule has 43 heavy (non-hydrogen) atoms. The van der Waals surface area contributed by atoms with Gasteiger partial charge in [-0.05, 0) is 102 Å². The van der Waals surface area contributed by atoms with Crippen molar-refractivity contribution in [3.63, 3.8) is 0 Å². The van der Waals surface area contributed by atoms with Gasteiger partial charge in [-0.2, -0.15) is 0 Å². The summed E-state index contributed by atoms with van der Waals surface area (Å²) in [5.41, 5.74) is 12.1. The first kappa shape index (κ1) is 24.7. The molecule has 0 spiro atoms. The van der Waals surface area contributed by atoms with Gasteiger partial charge in [-0.1, -0.05) is 116 Å². The van der Waals surface area contributed by atoms with Gasteiger partial charge in [-0.25, -0.2) is 0 Å². The van der Waals surface area contributed by atoms with Gasteiger partial charge in [0, 0.05) is 21.2 Å². The van der Waals surface area contributed by atoms with Gasteiger partial charge in [-0.3, -0.25) is 0 Å². The number of furan rings is 1. The lowest BCUT2D eigenvalue weighted by Crippen LogP contribution is -2.14. The van der Waals surface area contributed by atoms with Crippen LogP contribution in [0.4, 0.5) is 0 Å². The molecule has 0 radical (unpaired) electrons. The van der Waals surface area contributed by atoms with Crippen molar-refractivity contribution in [2.45, 2.75) is 19.3 Å². The van der Waals surface area contributed by atoms with E-state index in [0.29, 0.717) is 5.02 Å². The lowest BCUT2D eigenvalue weighted by molar-refractivity contribution is 0.660. The average molecular weight is 571 g/mol. The molecule has 2 heteroatoms. The minimum absolute atomic E-state index is 0.0148. The molecular weight excluding hydrogens is 544 g/mol.